The molecule has 0 saturated carbocycles. The lowest BCUT2D eigenvalue weighted by Crippen LogP contribution is -2.11. The van der Waals surface area contributed by atoms with Gasteiger partial charge in [0.15, 0.2) is 0 Å². The molecule has 0 radical (unpaired) electrons. The molecular weight excluding hydrogens is 216 g/mol. The van der Waals surface area contributed by atoms with E-state index in [2.05, 4.69) is 5.32 Å². The van der Waals surface area contributed by atoms with E-state index in [1.54, 1.807) is 6.92 Å². The van der Waals surface area contributed by atoms with Gasteiger partial charge < -0.3 is 10.4 Å². The largest absolute Gasteiger partial charge is 0.506 e. The molecule has 88 valence electrons. The standard InChI is InChI=1S/C11H13F2NO2/c1-3-10(16)14-8-5-4-7(6-9(8)15)11(2,12)13/h4-6,15H,3H2,1-2H3,(H,14,16). The Labute approximate surface area is 92.1 Å². The molecule has 2 N–H and O–H groups in total. The Balaban J connectivity index is 2.96. The summed E-state index contributed by atoms with van der Waals surface area (Å²) in [6, 6.07) is 3.38. The summed E-state index contributed by atoms with van der Waals surface area (Å²) in [4.78, 5) is 11.0. The lowest BCUT2D eigenvalue weighted by atomic mass is 10.1. The summed E-state index contributed by atoms with van der Waals surface area (Å²) in [7, 11) is 0. The molecule has 0 fully saturated rings. The van der Waals surface area contributed by atoms with Gasteiger partial charge in [0.05, 0.1) is 5.69 Å². The van der Waals surface area contributed by atoms with E-state index in [1.165, 1.54) is 12.1 Å². The molecule has 1 rings (SSSR count). The van der Waals surface area contributed by atoms with Gasteiger partial charge in [-0.2, -0.15) is 0 Å². The molecule has 0 unspecified atom stereocenters. The number of rotatable bonds is 3. The highest BCUT2D eigenvalue weighted by Gasteiger charge is 2.25. The summed E-state index contributed by atoms with van der Waals surface area (Å²) in [5.41, 5.74) is -0.153. The molecule has 0 saturated heterocycles. The van der Waals surface area contributed by atoms with Crippen molar-refractivity contribution in [1.82, 2.24) is 0 Å². The summed E-state index contributed by atoms with van der Waals surface area (Å²) in [5.74, 6) is -3.66. The molecule has 0 bridgehead atoms. The second-order valence-corrected chi connectivity index (χ2v) is 3.52. The maximum atomic E-state index is 12.9. The number of hydrogen-bond donors (Lipinski definition) is 2. The van der Waals surface area contributed by atoms with Crippen molar-refractivity contribution >= 4 is 11.6 Å². The Bertz CT molecular complexity index is 399. The third-order valence-corrected chi connectivity index (χ3v) is 2.10. The van der Waals surface area contributed by atoms with Gasteiger partial charge in [0.1, 0.15) is 5.75 Å². The van der Waals surface area contributed by atoms with E-state index in [1.807, 2.05) is 0 Å². The van der Waals surface area contributed by atoms with Crippen LogP contribution in [-0.2, 0) is 10.7 Å². The van der Waals surface area contributed by atoms with E-state index in [4.69, 9.17) is 0 Å². The fraction of sp³-hybridized carbons (Fsp3) is 0.364. The van der Waals surface area contributed by atoms with E-state index in [9.17, 15) is 18.7 Å². The average molecular weight is 229 g/mol. The van der Waals surface area contributed by atoms with Crippen LogP contribution >= 0.6 is 0 Å². The molecule has 0 atom stereocenters. The van der Waals surface area contributed by atoms with Crippen molar-refractivity contribution in [2.45, 2.75) is 26.2 Å². The Kier molecular flexibility index (Phi) is 3.47. The van der Waals surface area contributed by atoms with Crippen LogP contribution in [0.1, 0.15) is 25.8 Å². The monoisotopic (exact) mass is 229 g/mol. The van der Waals surface area contributed by atoms with Crippen LogP contribution in [0, 0.1) is 0 Å². The van der Waals surface area contributed by atoms with Gasteiger partial charge in [-0.25, -0.2) is 8.78 Å². The highest BCUT2D eigenvalue weighted by Crippen LogP contribution is 2.33. The molecule has 0 aliphatic carbocycles. The fourth-order valence-corrected chi connectivity index (χ4v) is 1.15. The van der Waals surface area contributed by atoms with Gasteiger partial charge in [-0.05, 0) is 12.1 Å². The molecule has 1 amide bonds. The van der Waals surface area contributed by atoms with Crippen LogP contribution in [0.3, 0.4) is 0 Å². The number of phenolic OH excluding ortho intramolecular Hbond substituents is 1. The summed E-state index contributed by atoms with van der Waals surface area (Å²) in [6.07, 6.45) is 0.255. The van der Waals surface area contributed by atoms with Gasteiger partial charge in [-0.1, -0.05) is 13.0 Å². The normalized spacial score (nSPS) is 11.2. The predicted octanol–water partition coefficient (Wildman–Crippen LogP) is 2.85. The Morgan fingerprint density at radius 3 is 2.56 bits per heavy atom. The zero-order valence-corrected chi connectivity index (χ0v) is 9.05. The number of hydrogen-bond acceptors (Lipinski definition) is 2. The van der Waals surface area contributed by atoms with Crippen LogP contribution in [0.5, 0.6) is 5.75 Å². The first-order valence-corrected chi connectivity index (χ1v) is 4.85. The highest BCUT2D eigenvalue weighted by atomic mass is 19.3. The number of anilines is 1. The molecule has 1 aromatic rings. The summed E-state index contributed by atoms with van der Waals surface area (Å²) < 4.78 is 25.8. The van der Waals surface area contributed by atoms with E-state index in [-0.39, 0.29) is 29.3 Å². The first kappa shape index (κ1) is 12.4. The van der Waals surface area contributed by atoms with Gasteiger partial charge in [0.25, 0.3) is 5.92 Å². The van der Waals surface area contributed by atoms with Gasteiger partial charge in [0, 0.05) is 18.9 Å². The molecule has 5 heteroatoms. The van der Waals surface area contributed by atoms with Crippen LogP contribution in [0.25, 0.3) is 0 Å². The maximum Gasteiger partial charge on any atom is 0.270 e. The number of carbonyl (C=O) groups is 1. The number of aromatic hydroxyl groups is 1. The number of halogens is 2. The molecule has 3 nitrogen and oxygen atoms in total. The first-order valence-electron chi connectivity index (χ1n) is 4.85. The van der Waals surface area contributed by atoms with Crippen LogP contribution in [0.4, 0.5) is 14.5 Å². The Morgan fingerprint density at radius 1 is 1.50 bits per heavy atom. The quantitative estimate of drug-likeness (QED) is 0.783. The minimum Gasteiger partial charge on any atom is -0.506 e. The van der Waals surface area contributed by atoms with E-state index in [0.717, 1.165) is 13.0 Å². The Hall–Kier alpha value is -1.65. The van der Waals surface area contributed by atoms with Crippen molar-refractivity contribution in [3.05, 3.63) is 23.8 Å². The van der Waals surface area contributed by atoms with Gasteiger partial charge in [-0.3, -0.25) is 4.79 Å². The van der Waals surface area contributed by atoms with Crippen LogP contribution in [0.2, 0.25) is 0 Å². The van der Waals surface area contributed by atoms with E-state index in [0.29, 0.717) is 0 Å². The highest BCUT2D eigenvalue weighted by molar-refractivity contribution is 5.91. The molecule has 0 aliphatic rings. The van der Waals surface area contributed by atoms with Crippen molar-refractivity contribution in [1.29, 1.82) is 0 Å². The van der Waals surface area contributed by atoms with Gasteiger partial charge in [0.2, 0.25) is 5.91 Å². The number of benzene rings is 1. The number of phenols is 1. The minimum absolute atomic E-state index is 0.139. The Morgan fingerprint density at radius 2 is 2.12 bits per heavy atom. The topological polar surface area (TPSA) is 49.3 Å². The second kappa shape index (κ2) is 4.47. The molecule has 16 heavy (non-hydrogen) atoms. The molecule has 0 spiro atoms. The third kappa shape index (κ3) is 2.92. The predicted molar refractivity (Wildman–Crippen MR) is 56.6 cm³/mol. The van der Waals surface area contributed by atoms with Gasteiger partial charge >= 0.3 is 0 Å². The molecular formula is C11H13F2NO2. The second-order valence-electron chi connectivity index (χ2n) is 3.52. The summed E-state index contributed by atoms with van der Waals surface area (Å²) in [5, 5.41) is 11.9. The van der Waals surface area contributed by atoms with E-state index < -0.39 is 5.92 Å². The number of amides is 1. The van der Waals surface area contributed by atoms with Crippen molar-refractivity contribution in [2.24, 2.45) is 0 Å². The molecule has 1 aromatic carbocycles. The van der Waals surface area contributed by atoms with Crippen molar-refractivity contribution in [3.8, 4) is 5.75 Å². The van der Waals surface area contributed by atoms with Crippen molar-refractivity contribution in [2.75, 3.05) is 5.32 Å². The van der Waals surface area contributed by atoms with Gasteiger partial charge in [-0.15, -0.1) is 0 Å². The molecule has 0 heterocycles. The van der Waals surface area contributed by atoms with Crippen LogP contribution in [0.15, 0.2) is 18.2 Å². The lowest BCUT2D eigenvalue weighted by molar-refractivity contribution is -0.115. The van der Waals surface area contributed by atoms with Crippen molar-refractivity contribution in [3.63, 3.8) is 0 Å². The number of carbonyl (C=O) groups excluding carboxylic acids is 1. The number of nitrogens with one attached hydrogen (secondary N) is 1. The zero-order chi connectivity index (χ0) is 12.3. The summed E-state index contributed by atoms with van der Waals surface area (Å²) >= 11 is 0. The maximum absolute atomic E-state index is 12.9. The smallest absolute Gasteiger partial charge is 0.270 e. The fourth-order valence-electron chi connectivity index (χ4n) is 1.15. The first-order chi connectivity index (χ1) is 7.34. The minimum atomic E-state index is -3.01. The SMILES string of the molecule is CCC(=O)Nc1ccc(C(C)(F)F)cc1O. The summed E-state index contributed by atoms with van der Waals surface area (Å²) in [6.45, 7) is 2.40. The zero-order valence-electron chi connectivity index (χ0n) is 9.05. The van der Waals surface area contributed by atoms with Crippen LogP contribution in [-0.4, -0.2) is 11.0 Å². The molecule has 0 aliphatic heterocycles. The average Bonchev–Trinajstić information content (AvgIpc) is 2.19. The van der Waals surface area contributed by atoms with Crippen molar-refractivity contribution < 1.29 is 18.7 Å². The van der Waals surface area contributed by atoms with E-state index >= 15 is 0 Å². The lowest BCUT2D eigenvalue weighted by Gasteiger charge is -2.13. The number of alkyl halides is 2. The third-order valence-electron chi connectivity index (χ3n) is 2.10. The van der Waals surface area contributed by atoms with Crippen LogP contribution < -0.4 is 5.32 Å². The molecule has 0 aromatic heterocycles.